The molecule has 0 atom stereocenters. The van der Waals surface area contributed by atoms with E-state index in [0.717, 1.165) is 0 Å². The van der Waals surface area contributed by atoms with Crippen LogP contribution in [0.5, 0.6) is 5.75 Å². The number of nitrogens with zero attached hydrogens (tertiary/aromatic N) is 1. The Morgan fingerprint density at radius 3 is 2.18 bits per heavy atom. The van der Waals surface area contributed by atoms with E-state index in [-0.39, 0.29) is 22.0 Å². The molecular formula is C23H16Cl3N3O5. The highest BCUT2D eigenvalue weighted by molar-refractivity contribution is 6.35. The van der Waals surface area contributed by atoms with Crippen molar-refractivity contribution in [3.05, 3.63) is 103 Å². The molecule has 0 bridgehead atoms. The molecule has 0 radical (unpaired) electrons. The summed E-state index contributed by atoms with van der Waals surface area (Å²) >= 11 is 18.2. The summed E-state index contributed by atoms with van der Waals surface area (Å²) in [6, 6.07) is 14.4. The smallest absolute Gasteiger partial charge is 0.272 e. The Hall–Kier alpha value is -3.59. The van der Waals surface area contributed by atoms with E-state index >= 15 is 0 Å². The molecule has 0 saturated carbocycles. The highest BCUT2D eigenvalue weighted by Crippen LogP contribution is 2.24. The molecule has 0 aliphatic rings. The van der Waals surface area contributed by atoms with Crippen molar-refractivity contribution in [3.63, 3.8) is 0 Å². The zero-order valence-electron chi connectivity index (χ0n) is 17.5. The second kappa shape index (κ2) is 11.0. The van der Waals surface area contributed by atoms with E-state index in [9.17, 15) is 19.7 Å². The van der Waals surface area contributed by atoms with Gasteiger partial charge in [0.05, 0.1) is 22.6 Å². The van der Waals surface area contributed by atoms with Gasteiger partial charge in [-0.1, -0.05) is 34.8 Å². The first-order valence-corrected chi connectivity index (χ1v) is 10.7. The molecule has 174 valence electrons. The largest absolute Gasteiger partial charge is 0.497 e. The van der Waals surface area contributed by atoms with Crippen molar-refractivity contribution in [1.82, 2.24) is 5.32 Å². The minimum atomic E-state index is -0.685. The molecule has 0 aliphatic carbocycles. The third-order valence-corrected chi connectivity index (χ3v) is 5.20. The van der Waals surface area contributed by atoms with Crippen LogP contribution in [0.15, 0.2) is 66.4 Å². The number of rotatable bonds is 7. The lowest BCUT2D eigenvalue weighted by molar-refractivity contribution is -0.384. The van der Waals surface area contributed by atoms with Crippen LogP contribution >= 0.6 is 34.8 Å². The Kier molecular flexibility index (Phi) is 8.12. The quantitative estimate of drug-likeness (QED) is 0.226. The van der Waals surface area contributed by atoms with E-state index in [0.29, 0.717) is 27.0 Å². The molecule has 0 saturated heterocycles. The number of hydrogen-bond acceptors (Lipinski definition) is 5. The predicted octanol–water partition coefficient (Wildman–Crippen LogP) is 5.97. The predicted molar refractivity (Wildman–Crippen MR) is 132 cm³/mol. The Labute approximate surface area is 209 Å². The van der Waals surface area contributed by atoms with Gasteiger partial charge in [0.2, 0.25) is 0 Å². The number of halogens is 3. The molecule has 8 nitrogen and oxygen atoms in total. The molecule has 0 aliphatic heterocycles. The first-order chi connectivity index (χ1) is 16.2. The van der Waals surface area contributed by atoms with Gasteiger partial charge < -0.3 is 15.4 Å². The van der Waals surface area contributed by atoms with Gasteiger partial charge in [-0.3, -0.25) is 19.7 Å². The van der Waals surface area contributed by atoms with Crippen LogP contribution in [0.25, 0.3) is 6.08 Å². The number of amides is 2. The van der Waals surface area contributed by atoms with Gasteiger partial charge >= 0.3 is 0 Å². The van der Waals surface area contributed by atoms with Gasteiger partial charge in [-0.25, -0.2) is 0 Å². The summed E-state index contributed by atoms with van der Waals surface area (Å²) < 4.78 is 5.08. The molecule has 3 aromatic rings. The summed E-state index contributed by atoms with van der Waals surface area (Å²) in [6.07, 6.45) is 1.36. The standard InChI is InChI=1S/C23H16Cl3N3O5/c1-34-18-6-7-19(20(26)12-18)22(30)28-21(8-13-2-4-17(5-3-13)29(32)33)23(31)27-16-10-14(24)9-15(25)11-16/h2-12H,1H3,(H,27,31)(H,28,30)/b21-8+. The minimum absolute atomic E-state index is 0.107. The Morgan fingerprint density at radius 1 is 0.971 bits per heavy atom. The minimum Gasteiger partial charge on any atom is -0.497 e. The highest BCUT2D eigenvalue weighted by atomic mass is 35.5. The van der Waals surface area contributed by atoms with E-state index in [1.807, 2.05) is 0 Å². The molecular weight excluding hydrogens is 505 g/mol. The lowest BCUT2D eigenvalue weighted by Crippen LogP contribution is -2.31. The molecule has 0 spiro atoms. The topological polar surface area (TPSA) is 111 Å². The maximum absolute atomic E-state index is 13.0. The van der Waals surface area contributed by atoms with Crippen molar-refractivity contribution < 1.29 is 19.2 Å². The molecule has 3 rings (SSSR count). The number of anilines is 1. The normalized spacial score (nSPS) is 11.0. The Balaban J connectivity index is 1.94. The van der Waals surface area contributed by atoms with Gasteiger partial charge in [0.25, 0.3) is 17.5 Å². The average molecular weight is 521 g/mol. The van der Waals surface area contributed by atoms with Gasteiger partial charge in [0.1, 0.15) is 11.4 Å². The van der Waals surface area contributed by atoms with E-state index in [2.05, 4.69) is 10.6 Å². The molecule has 0 heterocycles. The van der Waals surface area contributed by atoms with E-state index in [1.54, 1.807) is 6.07 Å². The number of non-ortho nitro benzene ring substituents is 1. The van der Waals surface area contributed by atoms with Crippen molar-refractivity contribution in [3.8, 4) is 5.75 Å². The number of nitro groups is 1. The lowest BCUT2D eigenvalue weighted by atomic mass is 10.1. The van der Waals surface area contributed by atoms with Crippen molar-refractivity contribution in [2.24, 2.45) is 0 Å². The molecule has 0 unspecified atom stereocenters. The lowest BCUT2D eigenvalue weighted by Gasteiger charge is -2.13. The maximum Gasteiger partial charge on any atom is 0.272 e. The number of hydrogen-bond donors (Lipinski definition) is 2. The van der Waals surface area contributed by atoms with Gasteiger partial charge in [-0.05, 0) is 60.2 Å². The molecule has 0 aromatic heterocycles. The van der Waals surface area contributed by atoms with Crippen LogP contribution < -0.4 is 15.4 Å². The first-order valence-electron chi connectivity index (χ1n) is 9.55. The third kappa shape index (κ3) is 6.48. The highest BCUT2D eigenvalue weighted by Gasteiger charge is 2.18. The van der Waals surface area contributed by atoms with Crippen LogP contribution in [-0.2, 0) is 4.79 Å². The third-order valence-electron chi connectivity index (χ3n) is 4.45. The molecule has 34 heavy (non-hydrogen) atoms. The summed E-state index contributed by atoms with van der Waals surface area (Å²) in [5.74, 6) is -0.881. The van der Waals surface area contributed by atoms with Gasteiger partial charge in [0.15, 0.2) is 0 Å². The SMILES string of the molecule is COc1ccc(C(=O)N/C(=C/c2ccc([N+](=O)[O-])cc2)C(=O)Nc2cc(Cl)cc(Cl)c2)c(Cl)c1. The van der Waals surface area contributed by atoms with Crippen LogP contribution in [0, 0.1) is 10.1 Å². The van der Waals surface area contributed by atoms with Gasteiger partial charge in [-0.2, -0.15) is 0 Å². The van der Waals surface area contributed by atoms with Gasteiger partial charge in [0, 0.05) is 27.9 Å². The number of nitrogens with one attached hydrogen (secondary N) is 2. The van der Waals surface area contributed by atoms with Crippen LogP contribution in [0.3, 0.4) is 0 Å². The number of carbonyl (C=O) groups is 2. The van der Waals surface area contributed by atoms with E-state index in [4.69, 9.17) is 39.5 Å². The number of carbonyl (C=O) groups excluding carboxylic acids is 2. The van der Waals surface area contributed by atoms with E-state index in [1.165, 1.54) is 67.8 Å². The first kappa shape index (κ1) is 25.0. The Bertz CT molecular complexity index is 1270. The molecule has 11 heteroatoms. The second-order valence-corrected chi connectivity index (χ2v) is 8.10. The number of nitro benzene ring substituents is 1. The summed E-state index contributed by atoms with van der Waals surface area (Å²) in [5, 5.41) is 16.8. The molecule has 3 aromatic carbocycles. The summed E-state index contributed by atoms with van der Waals surface area (Å²) in [6.45, 7) is 0. The maximum atomic E-state index is 13.0. The monoisotopic (exact) mass is 519 g/mol. The van der Waals surface area contributed by atoms with Crippen molar-refractivity contribution in [2.75, 3.05) is 12.4 Å². The number of ether oxygens (including phenoxy) is 1. The van der Waals surface area contributed by atoms with Gasteiger partial charge in [-0.15, -0.1) is 0 Å². The summed E-state index contributed by atoms with van der Waals surface area (Å²) in [5.41, 5.74) is 0.568. The molecule has 2 N–H and O–H groups in total. The zero-order valence-corrected chi connectivity index (χ0v) is 19.7. The van der Waals surface area contributed by atoms with Crippen LogP contribution in [0.2, 0.25) is 15.1 Å². The van der Waals surface area contributed by atoms with Crippen LogP contribution in [0.1, 0.15) is 15.9 Å². The average Bonchev–Trinajstić information content (AvgIpc) is 2.78. The summed E-state index contributed by atoms with van der Waals surface area (Å²) in [4.78, 5) is 36.3. The fourth-order valence-corrected chi connectivity index (χ4v) is 3.62. The Morgan fingerprint density at radius 2 is 1.62 bits per heavy atom. The number of benzene rings is 3. The summed E-state index contributed by atoms with van der Waals surface area (Å²) in [7, 11) is 1.46. The second-order valence-electron chi connectivity index (χ2n) is 6.82. The fourth-order valence-electron chi connectivity index (χ4n) is 2.84. The molecule has 0 fully saturated rings. The van der Waals surface area contributed by atoms with Crippen molar-refractivity contribution in [1.29, 1.82) is 0 Å². The zero-order chi connectivity index (χ0) is 24.8. The van der Waals surface area contributed by atoms with Crippen molar-refractivity contribution in [2.45, 2.75) is 0 Å². The van der Waals surface area contributed by atoms with Crippen LogP contribution in [-0.4, -0.2) is 23.8 Å². The van der Waals surface area contributed by atoms with Crippen molar-refractivity contribution >= 4 is 64.1 Å². The number of methoxy groups -OCH3 is 1. The van der Waals surface area contributed by atoms with E-state index < -0.39 is 16.7 Å². The molecule has 2 amide bonds. The van der Waals surface area contributed by atoms with Crippen LogP contribution in [0.4, 0.5) is 11.4 Å². The fraction of sp³-hybridized carbons (Fsp3) is 0.0435.